The van der Waals surface area contributed by atoms with Crippen molar-refractivity contribution in [1.29, 1.82) is 0 Å². The Bertz CT molecular complexity index is 1410. The van der Waals surface area contributed by atoms with Crippen molar-refractivity contribution in [3.05, 3.63) is 94.9 Å². The van der Waals surface area contributed by atoms with Crippen LogP contribution in [0.5, 0.6) is 5.75 Å². The van der Waals surface area contributed by atoms with Crippen molar-refractivity contribution in [2.75, 3.05) is 21.3 Å². The predicted molar refractivity (Wildman–Crippen MR) is 132 cm³/mol. The number of nitrogens with zero attached hydrogens (tertiary/aromatic N) is 3. The smallest absolute Gasteiger partial charge is 0.337 e. The number of benzene rings is 3. The summed E-state index contributed by atoms with van der Waals surface area (Å²) >= 11 is 0. The first-order valence-corrected chi connectivity index (χ1v) is 11.4. The van der Waals surface area contributed by atoms with Crippen LogP contribution in [0.4, 0.5) is 4.39 Å². The lowest BCUT2D eigenvalue weighted by molar-refractivity contribution is 0.0601. The second kappa shape index (κ2) is 9.35. The molecule has 1 aromatic heterocycles. The van der Waals surface area contributed by atoms with Crippen LogP contribution in [-0.4, -0.2) is 41.9 Å². The van der Waals surface area contributed by atoms with Crippen LogP contribution in [0, 0.1) is 5.82 Å². The zero-order chi connectivity index (χ0) is 24.5. The molecule has 2 heterocycles. The monoisotopic (exact) mass is 471 g/mol. The van der Waals surface area contributed by atoms with Crippen LogP contribution in [0.25, 0.3) is 22.4 Å². The Morgan fingerprint density at radius 1 is 1.00 bits per heavy atom. The van der Waals surface area contributed by atoms with Gasteiger partial charge in [-0.1, -0.05) is 30.3 Å². The summed E-state index contributed by atoms with van der Waals surface area (Å²) in [6.45, 7) is 1.93. The number of hydrogen-bond acceptors (Lipinski definition) is 5. The molecule has 178 valence electrons. The molecule has 0 N–H and O–H groups in total. The zero-order valence-corrected chi connectivity index (χ0v) is 19.9. The summed E-state index contributed by atoms with van der Waals surface area (Å²) in [5, 5.41) is 4.86. The Morgan fingerprint density at radius 2 is 1.83 bits per heavy atom. The Kier molecular flexibility index (Phi) is 6.09. The molecule has 4 aromatic rings. The first-order chi connectivity index (χ1) is 17.0. The quantitative estimate of drug-likeness (QED) is 0.364. The van der Waals surface area contributed by atoms with Crippen LogP contribution in [0.15, 0.2) is 66.7 Å². The molecule has 0 saturated carbocycles. The van der Waals surface area contributed by atoms with E-state index < -0.39 is 5.97 Å². The SMILES string of the molecule is COC(=O)c1cccc(-c2cc(Cn3nc4c(c3-c3ccccc3F)CN(C)C4)ccc2OC)c1. The number of fused-ring (bicyclic) bond motifs is 1. The Labute approximate surface area is 203 Å². The van der Waals surface area contributed by atoms with E-state index in [-0.39, 0.29) is 5.82 Å². The molecule has 0 aliphatic carbocycles. The molecule has 0 saturated heterocycles. The summed E-state index contributed by atoms with van der Waals surface area (Å²) in [5.74, 6) is 0.0308. The highest BCUT2D eigenvalue weighted by Gasteiger charge is 2.27. The lowest BCUT2D eigenvalue weighted by Gasteiger charge is -2.15. The van der Waals surface area contributed by atoms with Crippen molar-refractivity contribution < 1.29 is 18.7 Å². The molecule has 35 heavy (non-hydrogen) atoms. The number of hydrogen-bond donors (Lipinski definition) is 0. The van der Waals surface area contributed by atoms with Gasteiger partial charge in [0.1, 0.15) is 11.6 Å². The first-order valence-electron chi connectivity index (χ1n) is 11.4. The van der Waals surface area contributed by atoms with Gasteiger partial charge in [0.05, 0.1) is 37.7 Å². The van der Waals surface area contributed by atoms with Crippen molar-refractivity contribution in [1.82, 2.24) is 14.7 Å². The van der Waals surface area contributed by atoms with E-state index in [0.717, 1.165) is 46.7 Å². The van der Waals surface area contributed by atoms with Gasteiger partial charge in [0.25, 0.3) is 0 Å². The van der Waals surface area contributed by atoms with Gasteiger partial charge < -0.3 is 9.47 Å². The van der Waals surface area contributed by atoms with Gasteiger partial charge in [-0.05, 0) is 54.6 Å². The summed E-state index contributed by atoms with van der Waals surface area (Å²) in [6.07, 6.45) is 0. The molecule has 0 atom stereocenters. The molecule has 3 aromatic carbocycles. The molecule has 0 radical (unpaired) electrons. The molecule has 1 aliphatic rings. The van der Waals surface area contributed by atoms with Gasteiger partial charge in [-0.3, -0.25) is 9.58 Å². The van der Waals surface area contributed by atoms with E-state index in [9.17, 15) is 9.18 Å². The van der Waals surface area contributed by atoms with Gasteiger partial charge in [0, 0.05) is 29.8 Å². The third kappa shape index (κ3) is 4.31. The van der Waals surface area contributed by atoms with E-state index in [1.54, 1.807) is 31.4 Å². The van der Waals surface area contributed by atoms with E-state index in [0.29, 0.717) is 23.4 Å². The number of aromatic nitrogens is 2. The zero-order valence-electron chi connectivity index (χ0n) is 19.9. The Morgan fingerprint density at radius 3 is 2.60 bits per heavy atom. The lowest BCUT2D eigenvalue weighted by Crippen LogP contribution is -2.13. The second-order valence-electron chi connectivity index (χ2n) is 8.69. The van der Waals surface area contributed by atoms with Crippen molar-refractivity contribution in [3.8, 4) is 28.1 Å². The average molecular weight is 472 g/mol. The lowest BCUT2D eigenvalue weighted by atomic mass is 9.99. The van der Waals surface area contributed by atoms with Crippen LogP contribution in [-0.2, 0) is 24.4 Å². The molecule has 1 aliphatic heterocycles. The van der Waals surface area contributed by atoms with E-state index in [1.165, 1.54) is 13.2 Å². The predicted octanol–water partition coefficient (Wildman–Crippen LogP) is 5.15. The van der Waals surface area contributed by atoms with Gasteiger partial charge in [-0.15, -0.1) is 0 Å². The number of carbonyl (C=O) groups is 1. The number of rotatable bonds is 6. The van der Waals surface area contributed by atoms with E-state index in [4.69, 9.17) is 14.6 Å². The molecule has 5 rings (SSSR count). The fraction of sp³-hybridized carbons (Fsp3) is 0.214. The molecule has 0 spiro atoms. The maximum absolute atomic E-state index is 14.8. The Hall–Kier alpha value is -3.97. The van der Waals surface area contributed by atoms with Crippen molar-refractivity contribution in [2.24, 2.45) is 0 Å². The summed E-state index contributed by atoms with van der Waals surface area (Å²) in [7, 11) is 5.02. The van der Waals surface area contributed by atoms with Gasteiger partial charge in [0.15, 0.2) is 0 Å². The fourth-order valence-corrected chi connectivity index (χ4v) is 4.68. The van der Waals surface area contributed by atoms with E-state index in [1.807, 2.05) is 48.1 Å². The molecule has 6 nitrogen and oxygen atoms in total. The van der Waals surface area contributed by atoms with E-state index in [2.05, 4.69) is 4.90 Å². The standard InChI is InChI=1S/C28H26FN3O3/c1-31-16-23-25(17-31)30-32(27(23)21-9-4-5-10-24(21)29)15-18-11-12-26(34-2)22(13-18)19-7-6-8-20(14-19)28(33)35-3/h4-14H,15-17H2,1-3H3. The maximum Gasteiger partial charge on any atom is 0.337 e. The molecule has 7 heteroatoms. The number of esters is 1. The normalized spacial score (nSPS) is 13.0. The summed E-state index contributed by atoms with van der Waals surface area (Å²) in [4.78, 5) is 14.2. The highest BCUT2D eigenvalue weighted by Crippen LogP contribution is 2.35. The topological polar surface area (TPSA) is 56.6 Å². The molecular formula is C28H26FN3O3. The number of carbonyl (C=O) groups excluding carboxylic acids is 1. The molecule has 0 amide bonds. The van der Waals surface area contributed by atoms with Gasteiger partial charge >= 0.3 is 5.97 Å². The summed E-state index contributed by atoms with van der Waals surface area (Å²) in [5.41, 5.74) is 6.54. The minimum absolute atomic E-state index is 0.263. The van der Waals surface area contributed by atoms with E-state index >= 15 is 0 Å². The average Bonchev–Trinajstić information content (AvgIpc) is 3.39. The largest absolute Gasteiger partial charge is 0.496 e. The van der Waals surface area contributed by atoms with Crippen molar-refractivity contribution in [3.63, 3.8) is 0 Å². The molecule has 0 unspecified atom stereocenters. The molecule has 0 bridgehead atoms. The van der Waals surface area contributed by atoms with Crippen LogP contribution in [0.1, 0.15) is 27.2 Å². The second-order valence-corrected chi connectivity index (χ2v) is 8.69. The van der Waals surface area contributed by atoms with Crippen LogP contribution < -0.4 is 4.74 Å². The van der Waals surface area contributed by atoms with Crippen molar-refractivity contribution >= 4 is 5.97 Å². The molecule has 0 fully saturated rings. The number of methoxy groups -OCH3 is 2. The van der Waals surface area contributed by atoms with Crippen molar-refractivity contribution in [2.45, 2.75) is 19.6 Å². The highest BCUT2D eigenvalue weighted by molar-refractivity contribution is 5.91. The van der Waals surface area contributed by atoms with Gasteiger partial charge in [-0.2, -0.15) is 5.10 Å². The third-order valence-electron chi connectivity index (χ3n) is 6.30. The Balaban J connectivity index is 1.57. The van der Waals surface area contributed by atoms with Gasteiger partial charge in [0.2, 0.25) is 0 Å². The third-order valence-corrected chi connectivity index (χ3v) is 6.30. The first kappa shape index (κ1) is 22.8. The van der Waals surface area contributed by atoms with Crippen LogP contribution in [0.2, 0.25) is 0 Å². The number of halogens is 1. The van der Waals surface area contributed by atoms with Crippen LogP contribution >= 0.6 is 0 Å². The maximum atomic E-state index is 14.8. The fourth-order valence-electron chi connectivity index (χ4n) is 4.68. The summed E-state index contributed by atoms with van der Waals surface area (Å²) in [6, 6.07) is 20.0. The molecular weight excluding hydrogens is 445 g/mol. The summed E-state index contributed by atoms with van der Waals surface area (Å²) < 4.78 is 27.2. The highest BCUT2D eigenvalue weighted by atomic mass is 19.1. The minimum Gasteiger partial charge on any atom is -0.496 e. The van der Waals surface area contributed by atoms with Gasteiger partial charge in [-0.25, -0.2) is 9.18 Å². The minimum atomic E-state index is -0.396. The van der Waals surface area contributed by atoms with Crippen LogP contribution in [0.3, 0.4) is 0 Å². The number of ether oxygens (including phenoxy) is 2.